The molecule has 0 N–H and O–H groups in total. The van der Waals surface area contributed by atoms with Crippen molar-refractivity contribution in [2.45, 2.75) is 12.7 Å². The molecule has 1 aromatic rings. The summed E-state index contributed by atoms with van der Waals surface area (Å²) in [5.74, 6) is 0. The summed E-state index contributed by atoms with van der Waals surface area (Å²) in [7, 11) is 0. The van der Waals surface area contributed by atoms with Gasteiger partial charge in [0.05, 0.1) is 6.61 Å². The van der Waals surface area contributed by atoms with E-state index in [-0.39, 0.29) is 6.10 Å². The number of fused-ring (bicyclic) bond motifs is 1. The molecular formula is C10H10O. The Bertz CT molecular complexity index is 278. The first-order valence-electron chi connectivity index (χ1n) is 3.74. The van der Waals surface area contributed by atoms with Crippen LogP contribution in [0.5, 0.6) is 0 Å². The van der Waals surface area contributed by atoms with Crippen LogP contribution in [0.15, 0.2) is 36.9 Å². The van der Waals surface area contributed by atoms with Gasteiger partial charge in [-0.2, -0.15) is 0 Å². The summed E-state index contributed by atoms with van der Waals surface area (Å²) in [6.45, 7) is 4.45. The zero-order chi connectivity index (χ0) is 7.68. The van der Waals surface area contributed by atoms with Crippen molar-refractivity contribution < 1.29 is 4.74 Å². The smallest absolute Gasteiger partial charge is 0.101 e. The van der Waals surface area contributed by atoms with Crippen LogP contribution in [0.1, 0.15) is 17.2 Å². The molecule has 0 radical (unpaired) electrons. The van der Waals surface area contributed by atoms with Crippen molar-refractivity contribution >= 4 is 0 Å². The normalized spacial score (nSPS) is 21.3. The lowest BCUT2D eigenvalue weighted by Crippen LogP contribution is -1.88. The van der Waals surface area contributed by atoms with Crippen LogP contribution in [-0.4, -0.2) is 0 Å². The van der Waals surface area contributed by atoms with E-state index in [1.165, 1.54) is 11.1 Å². The highest BCUT2D eigenvalue weighted by molar-refractivity contribution is 5.33. The predicted octanol–water partition coefficient (Wildman–Crippen LogP) is 2.44. The minimum absolute atomic E-state index is 0.117. The standard InChI is InChI=1S/C10H10O/c1-2-10-9-6-4-3-5-8(9)7-11-10/h2-6,10H,1,7H2/t10-/m0/s1. The monoisotopic (exact) mass is 146 g/mol. The maximum absolute atomic E-state index is 5.45. The van der Waals surface area contributed by atoms with Gasteiger partial charge in [-0.25, -0.2) is 0 Å². The average Bonchev–Trinajstić information content (AvgIpc) is 2.47. The van der Waals surface area contributed by atoms with Gasteiger partial charge in [0.1, 0.15) is 6.10 Å². The van der Waals surface area contributed by atoms with E-state index in [0.29, 0.717) is 0 Å². The molecule has 0 aliphatic carbocycles. The number of hydrogen-bond donors (Lipinski definition) is 0. The third kappa shape index (κ3) is 0.976. The van der Waals surface area contributed by atoms with Gasteiger partial charge >= 0.3 is 0 Å². The highest BCUT2D eigenvalue weighted by Gasteiger charge is 2.18. The summed E-state index contributed by atoms with van der Waals surface area (Å²) in [4.78, 5) is 0. The molecule has 1 aliphatic heterocycles. The topological polar surface area (TPSA) is 9.23 Å². The Morgan fingerprint density at radius 2 is 2.27 bits per heavy atom. The number of ether oxygens (including phenoxy) is 1. The molecule has 0 fully saturated rings. The first-order valence-corrected chi connectivity index (χ1v) is 3.74. The van der Waals surface area contributed by atoms with Gasteiger partial charge in [-0.3, -0.25) is 0 Å². The molecular weight excluding hydrogens is 136 g/mol. The number of rotatable bonds is 1. The van der Waals surface area contributed by atoms with Crippen LogP contribution in [0.2, 0.25) is 0 Å². The van der Waals surface area contributed by atoms with Crippen LogP contribution in [0.25, 0.3) is 0 Å². The van der Waals surface area contributed by atoms with Crippen molar-refractivity contribution in [3.63, 3.8) is 0 Å². The molecule has 0 spiro atoms. The van der Waals surface area contributed by atoms with Crippen molar-refractivity contribution in [1.82, 2.24) is 0 Å². The van der Waals surface area contributed by atoms with Crippen LogP contribution in [-0.2, 0) is 11.3 Å². The van der Waals surface area contributed by atoms with Gasteiger partial charge in [0.25, 0.3) is 0 Å². The van der Waals surface area contributed by atoms with Crippen molar-refractivity contribution in [1.29, 1.82) is 0 Å². The molecule has 1 aliphatic rings. The Labute approximate surface area is 66.3 Å². The summed E-state index contributed by atoms with van der Waals surface area (Å²) >= 11 is 0. The molecule has 2 rings (SSSR count). The van der Waals surface area contributed by atoms with Crippen LogP contribution in [0.4, 0.5) is 0 Å². The second-order valence-corrected chi connectivity index (χ2v) is 2.67. The van der Waals surface area contributed by atoms with Crippen LogP contribution < -0.4 is 0 Å². The first kappa shape index (κ1) is 6.62. The maximum Gasteiger partial charge on any atom is 0.101 e. The highest BCUT2D eigenvalue weighted by atomic mass is 16.5. The van der Waals surface area contributed by atoms with Gasteiger partial charge in [0.2, 0.25) is 0 Å². The molecule has 1 heterocycles. The Morgan fingerprint density at radius 1 is 1.45 bits per heavy atom. The minimum Gasteiger partial charge on any atom is -0.365 e. The van der Waals surface area contributed by atoms with Crippen molar-refractivity contribution in [2.75, 3.05) is 0 Å². The fraction of sp³-hybridized carbons (Fsp3) is 0.200. The Balaban J connectivity index is 2.46. The quantitative estimate of drug-likeness (QED) is 0.553. The molecule has 56 valence electrons. The van der Waals surface area contributed by atoms with Gasteiger partial charge in [-0.05, 0) is 11.1 Å². The van der Waals surface area contributed by atoms with E-state index in [2.05, 4.69) is 18.7 Å². The number of hydrogen-bond acceptors (Lipinski definition) is 1. The molecule has 0 saturated heterocycles. The van der Waals surface area contributed by atoms with E-state index in [0.717, 1.165) is 6.61 Å². The van der Waals surface area contributed by atoms with E-state index < -0.39 is 0 Å². The summed E-state index contributed by atoms with van der Waals surface area (Å²) in [6, 6.07) is 8.26. The summed E-state index contributed by atoms with van der Waals surface area (Å²) in [5.41, 5.74) is 2.56. The van der Waals surface area contributed by atoms with E-state index in [1.54, 1.807) is 0 Å². The van der Waals surface area contributed by atoms with Gasteiger partial charge in [-0.1, -0.05) is 30.3 Å². The predicted molar refractivity (Wildman–Crippen MR) is 44.2 cm³/mol. The minimum atomic E-state index is 0.117. The Morgan fingerprint density at radius 3 is 3.09 bits per heavy atom. The van der Waals surface area contributed by atoms with E-state index in [1.807, 2.05) is 18.2 Å². The van der Waals surface area contributed by atoms with Gasteiger partial charge in [-0.15, -0.1) is 6.58 Å². The second-order valence-electron chi connectivity index (χ2n) is 2.67. The average molecular weight is 146 g/mol. The molecule has 0 bridgehead atoms. The molecule has 11 heavy (non-hydrogen) atoms. The fourth-order valence-corrected chi connectivity index (χ4v) is 1.41. The summed E-state index contributed by atoms with van der Waals surface area (Å²) < 4.78 is 5.45. The molecule has 0 amide bonds. The molecule has 1 nitrogen and oxygen atoms in total. The summed E-state index contributed by atoms with van der Waals surface area (Å²) in [5, 5.41) is 0. The molecule has 1 aromatic carbocycles. The molecule has 0 saturated carbocycles. The zero-order valence-electron chi connectivity index (χ0n) is 6.29. The summed E-state index contributed by atoms with van der Waals surface area (Å²) in [6.07, 6.45) is 1.96. The van der Waals surface area contributed by atoms with Crippen molar-refractivity contribution in [3.05, 3.63) is 48.0 Å². The van der Waals surface area contributed by atoms with Crippen molar-refractivity contribution in [2.24, 2.45) is 0 Å². The molecule has 1 heteroatoms. The first-order chi connectivity index (χ1) is 5.42. The van der Waals surface area contributed by atoms with Gasteiger partial charge in [0, 0.05) is 0 Å². The van der Waals surface area contributed by atoms with Crippen LogP contribution in [0.3, 0.4) is 0 Å². The van der Waals surface area contributed by atoms with Gasteiger partial charge < -0.3 is 4.74 Å². The van der Waals surface area contributed by atoms with Crippen molar-refractivity contribution in [3.8, 4) is 0 Å². The number of benzene rings is 1. The third-order valence-electron chi connectivity index (χ3n) is 1.99. The van der Waals surface area contributed by atoms with E-state index in [9.17, 15) is 0 Å². The second kappa shape index (κ2) is 2.51. The third-order valence-corrected chi connectivity index (χ3v) is 1.99. The lowest BCUT2D eigenvalue weighted by molar-refractivity contribution is 0.0994. The van der Waals surface area contributed by atoms with Crippen LogP contribution >= 0.6 is 0 Å². The van der Waals surface area contributed by atoms with Crippen LogP contribution in [0, 0.1) is 0 Å². The molecule has 0 unspecified atom stereocenters. The zero-order valence-corrected chi connectivity index (χ0v) is 6.29. The van der Waals surface area contributed by atoms with E-state index >= 15 is 0 Å². The van der Waals surface area contributed by atoms with E-state index in [4.69, 9.17) is 4.74 Å². The van der Waals surface area contributed by atoms with Gasteiger partial charge in [0.15, 0.2) is 0 Å². The molecule has 1 atom stereocenters. The lowest BCUT2D eigenvalue weighted by atomic mass is 10.1. The molecule has 0 aromatic heterocycles. The largest absolute Gasteiger partial charge is 0.365 e. The lowest BCUT2D eigenvalue weighted by Gasteiger charge is -2.02. The SMILES string of the molecule is C=C[C@@H]1OCc2ccccc21. The Hall–Kier alpha value is -1.08. The maximum atomic E-state index is 5.45. The Kier molecular flexibility index (Phi) is 1.51. The fourth-order valence-electron chi connectivity index (χ4n) is 1.41. The highest BCUT2D eigenvalue weighted by Crippen LogP contribution is 2.30.